The molecule has 0 spiro atoms. The first-order valence-corrected chi connectivity index (χ1v) is 5.46. The lowest BCUT2D eigenvalue weighted by Crippen LogP contribution is -2.39. The number of aromatic nitrogens is 2. The molecule has 2 rings (SSSR count). The molecule has 0 aromatic carbocycles. The highest BCUT2D eigenvalue weighted by molar-refractivity contribution is 5.17. The number of rotatable bonds is 2. The summed E-state index contributed by atoms with van der Waals surface area (Å²) in [5, 5.41) is 3.64. The Kier molecular flexibility index (Phi) is 2.65. The van der Waals surface area contributed by atoms with E-state index in [1.54, 1.807) is 0 Å². The predicted octanol–water partition coefficient (Wildman–Crippen LogP) is 1.06. The van der Waals surface area contributed by atoms with Gasteiger partial charge in [-0.2, -0.15) is 4.98 Å². The van der Waals surface area contributed by atoms with E-state index in [1.165, 1.54) is 12.8 Å². The van der Waals surface area contributed by atoms with E-state index < -0.39 is 0 Å². The largest absolute Gasteiger partial charge is 0.365 e. The van der Waals surface area contributed by atoms with Gasteiger partial charge >= 0.3 is 0 Å². The van der Waals surface area contributed by atoms with Gasteiger partial charge in [0.15, 0.2) is 0 Å². The maximum Gasteiger partial charge on any atom is 0.260 e. The van der Waals surface area contributed by atoms with Crippen LogP contribution in [0.5, 0.6) is 0 Å². The van der Waals surface area contributed by atoms with Crippen molar-refractivity contribution in [2.75, 3.05) is 12.3 Å². The molecule has 1 aliphatic carbocycles. The third-order valence-electron chi connectivity index (χ3n) is 3.52. The van der Waals surface area contributed by atoms with E-state index in [-0.39, 0.29) is 11.4 Å². The number of hydrogen-bond donors (Lipinski definition) is 2. The van der Waals surface area contributed by atoms with E-state index in [1.807, 2.05) is 0 Å². The lowest BCUT2D eigenvalue weighted by molar-refractivity contribution is 0.191. The van der Waals surface area contributed by atoms with Gasteiger partial charge in [-0.3, -0.25) is 0 Å². The molecule has 0 radical (unpaired) electrons. The summed E-state index contributed by atoms with van der Waals surface area (Å²) in [6.45, 7) is 2.82. The quantitative estimate of drug-likeness (QED) is 0.761. The molecule has 5 nitrogen and oxygen atoms in total. The fourth-order valence-corrected chi connectivity index (χ4v) is 2.27. The summed E-state index contributed by atoms with van der Waals surface area (Å²) in [5.74, 6) is 1.59. The van der Waals surface area contributed by atoms with Gasteiger partial charge in [0.05, 0.1) is 5.41 Å². The summed E-state index contributed by atoms with van der Waals surface area (Å²) in [5.41, 5.74) is 11.2. The maximum absolute atomic E-state index is 5.86. The van der Waals surface area contributed by atoms with Crippen LogP contribution < -0.4 is 11.5 Å². The summed E-state index contributed by atoms with van der Waals surface area (Å²) in [6.07, 6.45) is 4.37. The summed E-state index contributed by atoms with van der Waals surface area (Å²) in [7, 11) is 0. The lowest BCUT2D eigenvalue weighted by atomic mass is 9.71. The van der Waals surface area contributed by atoms with E-state index in [0.717, 1.165) is 18.8 Å². The first-order valence-electron chi connectivity index (χ1n) is 5.46. The van der Waals surface area contributed by atoms with E-state index in [9.17, 15) is 0 Å². The summed E-state index contributed by atoms with van der Waals surface area (Å²) >= 11 is 0. The number of anilines is 1. The van der Waals surface area contributed by atoms with Gasteiger partial charge < -0.3 is 16.0 Å². The number of nitrogens with zero attached hydrogens (tertiary/aromatic N) is 2. The van der Waals surface area contributed by atoms with Gasteiger partial charge in [0, 0.05) is 6.54 Å². The molecule has 0 atom stereocenters. The average Bonchev–Trinajstić information content (AvgIpc) is 2.67. The van der Waals surface area contributed by atoms with Crippen molar-refractivity contribution in [1.29, 1.82) is 0 Å². The Morgan fingerprint density at radius 3 is 2.60 bits per heavy atom. The topological polar surface area (TPSA) is 91.0 Å². The molecule has 0 saturated heterocycles. The van der Waals surface area contributed by atoms with Gasteiger partial charge in [0.1, 0.15) is 0 Å². The second kappa shape index (κ2) is 3.81. The highest BCUT2D eigenvalue weighted by Crippen LogP contribution is 2.40. The Balaban J connectivity index is 2.22. The first-order chi connectivity index (χ1) is 7.16. The Labute approximate surface area is 89.2 Å². The van der Waals surface area contributed by atoms with E-state index in [0.29, 0.717) is 12.4 Å². The van der Waals surface area contributed by atoms with Gasteiger partial charge in [-0.25, -0.2) is 0 Å². The molecule has 1 saturated carbocycles. The van der Waals surface area contributed by atoms with Crippen LogP contribution in [0.1, 0.15) is 38.5 Å². The van der Waals surface area contributed by atoms with Crippen LogP contribution in [0.3, 0.4) is 0 Å². The normalized spacial score (nSPS) is 31.7. The molecule has 5 heteroatoms. The van der Waals surface area contributed by atoms with E-state index >= 15 is 0 Å². The van der Waals surface area contributed by atoms with Crippen LogP contribution in [-0.2, 0) is 5.41 Å². The Bertz CT molecular complexity index is 328. The van der Waals surface area contributed by atoms with Gasteiger partial charge in [-0.05, 0) is 36.8 Å². The minimum absolute atomic E-state index is 0.128. The minimum Gasteiger partial charge on any atom is -0.365 e. The van der Waals surface area contributed by atoms with Crippen molar-refractivity contribution >= 4 is 5.95 Å². The van der Waals surface area contributed by atoms with Gasteiger partial charge in [0.25, 0.3) is 5.95 Å². The maximum atomic E-state index is 5.86. The lowest BCUT2D eigenvalue weighted by Gasteiger charge is -2.35. The van der Waals surface area contributed by atoms with Crippen molar-refractivity contribution in [3.63, 3.8) is 0 Å². The third kappa shape index (κ3) is 1.84. The minimum atomic E-state index is -0.128. The van der Waals surface area contributed by atoms with Crippen LogP contribution in [0.25, 0.3) is 0 Å². The Morgan fingerprint density at radius 1 is 1.47 bits per heavy atom. The number of nitrogens with two attached hydrogens (primary N) is 2. The molecule has 1 aromatic rings. The third-order valence-corrected chi connectivity index (χ3v) is 3.52. The van der Waals surface area contributed by atoms with Crippen molar-refractivity contribution in [1.82, 2.24) is 10.1 Å². The second-order valence-electron chi connectivity index (χ2n) is 4.62. The van der Waals surface area contributed by atoms with Crippen molar-refractivity contribution in [2.45, 2.75) is 38.0 Å². The van der Waals surface area contributed by atoms with Crippen molar-refractivity contribution in [2.24, 2.45) is 11.7 Å². The Morgan fingerprint density at radius 2 is 2.13 bits per heavy atom. The Hall–Kier alpha value is -1.10. The van der Waals surface area contributed by atoms with Gasteiger partial charge in [-0.1, -0.05) is 6.92 Å². The summed E-state index contributed by atoms with van der Waals surface area (Å²) in [4.78, 5) is 4.12. The van der Waals surface area contributed by atoms with Crippen molar-refractivity contribution in [3.05, 3.63) is 5.89 Å². The SMILES string of the molecule is CC1CCC(CN)(c2nc(N)no2)CC1. The van der Waals surface area contributed by atoms with Crippen LogP contribution in [0.15, 0.2) is 4.52 Å². The molecule has 0 unspecified atom stereocenters. The van der Waals surface area contributed by atoms with E-state index in [2.05, 4.69) is 17.1 Å². The second-order valence-corrected chi connectivity index (χ2v) is 4.62. The first kappa shape index (κ1) is 10.4. The van der Waals surface area contributed by atoms with Crippen LogP contribution in [0.4, 0.5) is 5.95 Å². The predicted molar refractivity (Wildman–Crippen MR) is 57.1 cm³/mol. The standard InChI is InChI=1S/C10H18N4O/c1-7-2-4-10(6-11,5-3-7)8-13-9(12)14-15-8/h7H,2-6,11H2,1H3,(H2,12,14). The smallest absolute Gasteiger partial charge is 0.260 e. The molecule has 0 amide bonds. The molecule has 0 aliphatic heterocycles. The molecule has 0 bridgehead atoms. The highest BCUT2D eigenvalue weighted by atomic mass is 16.5. The van der Waals surface area contributed by atoms with Gasteiger partial charge in [-0.15, -0.1) is 0 Å². The van der Waals surface area contributed by atoms with Crippen molar-refractivity contribution < 1.29 is 4.52 Å². The molecule has 1 aromatic heterocycles. The van der Waals surface area contributed by atoms with E-state index in [4.69, 9.17) is 16.0 Å². The molecule has 84 valence electrons. The molecule has 4 N–H and O–H groups in total. The summed E-state index contributed by atoms with van der Waals surface area (Å²) in [6, 6.07) is 0. The van der Waals surface area contributed by atoms with Crippen LogP contribution >= 0.6 is 0 Å². The number of hydrogen-bond acceptors (Lipinski definition) is 5. The molecular weight excluding hydrogens is 192 g/mol. The molecule has 15 heavy (non-hydrogen) atoms. The fraction of sp³-hybridized carbons (Fsp3) is 0.800. The zero-order valence-electron chi connectivity index (χ0n) is 9.07. The van der Waals surface area contributed by atoms with Crippen LogP contribution in [0.2, 0.25) is 0 Å². The van der Waals surface area contributed by atoms with Gasteiger partial charge in [0.2, 0.25) is 5.89 Å². The van der Waals surface area contributed by atoms with Crippen LogP contribution in [0, 0.1) is 5.92 Å². The fourth-order valence-electron chi connectivity index (χ4n) is 2.27. The molecule has 1 heterocycles. The molecular formula is C10H18N4O. The highest BCUT2D eigenvalue weighted by Gasteiger charge is 2.39. The average molecular weight is 210 g/mol. The van der Waals surface area contributed by atoms with Crippen LogP contribution in [-0.4, -0.2) is 16.7 Å². The van der Waals surface area contributed by atoms with Crippen molar-refractivity contribution in [3.8, 4) is 0 Å². The summed E-state index contributed by atoms with van der Waals surface area (Å²) < 4.78 is 5.17. The zero-order chi connectivity index (χ0) is 10.9. The zero-order valence-corrected chi connectivity index (χ0v) is 9.07. The number of nitrogen functional groups attached to an aromatic ring is 1. The molecule has 1 aliphatic rings. The molecule has 1 fully saturated rings. The monoisotopic (exact) mass is 210 g/mol.